The van der Waals surface area contributed by atoms with Gasteiger partial charge in [-0.3, -0.25) is 0 Å². The Labute approximate surface area is 93.6 Å². The summed E-state index contributed by atoms with van der Waals surface area (Å²) in [6.45, 7) is -0.445. The molecule has 0 aliphatic heterocycles. The van der Waals surface area contributed by atoms with Crippen molar-refractivity contribution >= 4 is 0 Å². The van der Waals surface area contributed by atoms with Crippen LogP contribution in [0.3, 0.4) is 0 Å². The van der Waals surface area contributed by atoms with E-state index in [0.29, 0.717) is 0 Å². The van der Waals surface area contributed by atoms with Gasteiger partial charge in [0.25, 0.3) is 5.67 Å². The fourth-order valence-corrected chi connectivity index (χ4v) is 1.27. The molecule has 0 atom stereocenters. The van der Waals surface area contributed by atoms with Crippen LogP contribution >= 0.6 is 0 Å². The minimum Gasteiger partial charge on any atom is -0.237 e. The van der Waals surface area contributed by atoms with Gasteiger partial charge < -0.3 is 0 Å². The first-order chi connectivity index (χ1) is 7.56. The van der Waals surface area contributed by atoms with Crippen molar-refractivity contribution in [2.24, 2.45) is 0 Å². The van der Waals surface area contributed by atoms with E-state index in [-0.39, 0.29) is 19.3 Å². The van der Waals surface area contributed by atoms with Gasteiger partial charge in [0.15, 0.2) is 0 Å². The number of halogens is 7. The Morgan fingerprint density at radius 2 is 1.06 bits per heavy atom. The van der Waals surface area contributed by atoms with Crippen molar-refractivity contribution < 1.29 is 35.8 Å². The molecule has 0 aromatic rings. The van der Waals surface area contributed by atoms with Crippen LogP contribution in [0.2, 0.25) is 0 Å². The lowest BCUT2D eigenvalue weighted by Crippen LogP contribution is -2.53. The van der Waals surface area contributed by atoms with Gasteiger partial charge in [-0.2, -0.15) is 26.3 Å². The highest BCUT2D eigenvalue weighted by Gasteiger charge is 2.71. The van der Waals surface area contributed by atoms with Crippen molar-refractivity contribution in [1.29, 1.82) is 0 Å². The highest BCUT2D eigenvalue weighted by molar-refractivity contribution is 4.94. The summed E-state index contributed by atoms with van der Waals surface area (Å²) in [6, 6.07) is 0. The van der Waals surface area contributed by atoms with Crippen molar-refractivity contribution in [1.82, 2.24) is 0 Å². The average molecular weight is 269 g/mol. The fourth-order valence-electron chi connectivity index (χ4n) is 1.27. The molecular weight excluding hydrogens is 257 g/mol. The first-order valence-corrected chi connectivity index (χ1v) is 4.97. The molecule has 17 heavy (non-hydrogen) atoms. The Kier molecular flexibility index (Phi) is 5.70. The normalized spacial score (nSPS) is 14.1. The van der Waals surface area contributed by atoms with Gasteiger partial charge in [-0.1, -0.05) is 12.8 Å². The zero-order chi connectivity index (χ0) is 13.7. The van der Waals surface area contributed by atoms with E-state index in [4.69, 9.17) is 0 Å². The summed E-state index contributed by atoms with van der Waals surface area (Å²) < 4.78 is 85.2. The second-order valence-corrected chi connectivity index (χ2v) is 3.67. The van der Waals surface area contributed by atoms with E-state index < -0.39 is 37.5 Å². The Bertz CT molecular complexity index is 206. The maximum absolute atomic E-state index is 13.0. The average Bonchev–Trinajstić information content (AvgIpc) is 2.13. The molecule has 8 heteroatoms. The summed E-state index contributed by atoms with van der Waals surface area (Å²) in [6.07, 6.45) is -13.8. The summed E-state index contributed by atoms with van der Waals surface area (Å²) in [4.78, 5) is 0. The SMILES string of the molecule is [O]CCCCCCC(F)(C(F)(F)F)C(F)(F)F. The lowest BCUT2D eigenvalue weighted by atomic mass is 9.96. The molecule has 103 valence electrons. The van der Waals surface area contributed by atoms with Gasteiger partial charge in [0, 0.05) is 0 Å². The van der Waals surface area contributed by atoms with Crippen LogP contribution in [0.1, 0.15) is 32.1 Å². The lowest BCUT2D eigenvalue weighted by Gasteiger charge is -2.29. The molecule has 0 aliphatic rings. The van der Waals surface area contributed by atoms with Gasteiger partial charge in [0.2, 0.25) is 0 Å². The molecule has 0 aromatic carbocycles. The van der Waals surface area contributed by atoms with Crippen LogP contribution in [0.5, 0.6) is 0 Å². The first kappa shape index (κ1) is 16.5. The standard InChI is InChI=1S/C9H12F7O/c10-7(8(11,12)13,9(14,15)16)5-3-1-2-4-6-17/h1-6H2. The summed E-state index contributed by atoms with van der Waals surface area (Å²) >= 11 is 0. The fraction of sp³-hybridized carbons (Fsp3) is 1.00. The van der Waals surface area contributed by atoms with Crippen LogP contribution in [-0.4, -0.2) is 24.6 Å². The highest BCUT2D eigenvalue weighted by Crippen LogP contribution is 2.49. The number of unbranched alkanes of at least 4 members (excludes halogenated alkanes) is 3. The van der Waals surface area contributed by atoms with Crippen LogP contribution < -0.4 is 0 Å². The molecule has 0 saturated heterocycles. The number of hydrogen-bond acceptors (Lipinski definition) is 0. The molecule has 0 amide bonds. The second-order valence-electron chi connectivity index (χ2n) is 3.67. The summed E-state index contributed by atoms with van der Waals surface area (Å²) in [5.74, 6) is 0. The molecule has 0 aromatic heterocycles. The minimum atomic E-state index is -5.97. The van der Waals surface area contributed by atoms with Crippen LogP contribution in [-0.2, 0) is 5.11 Å². The molecular formula is C9H12F7O. The van der Waals surface area contributed by atoms with Crippen LogP contribution in [0, 0.1) is 0 Å². The maximum Gasteiger partial charge on any atom is 0.431 e. The molecule has 0 saturated carbocycles. The van der Waals surface area contributed by atoms with E-state index in [2.05, 4.69) is 0 Å². The van der Waals surface area contributed by atoms with E-state index in [0.717, 1.165) is 0 Å². The quantitative estimate of drug-likeness (QED) is 0.508. The third-order valence-electron chi connectivity index (χ3n) is 2.31. The van der Waals surface area contributed by atoms with Crippen LogP contribution in [0.25, 0.3) is 0 Å². The molecule has 0 bridgehead atoms. The van der Waals surface area contributed by atoms with Crippen molar-refractivity contribution in [2.45, 2.75) is 50.1 Å². The molecule has 0 N–H and O–H groups in total. The third kappa shape index (κ3) is 4.33. The largest absolute Gasteiger partial charge is 0.431 e. The van der Waals surface area contributed by atoms with Crippen molar-refractivity contribution in [3.63, 3.8) is 0 Å². The molecule has 0 fully saturated rings. The Hall–Kier alpha value is -0.530. The van der Waals surface area contributed by atoms with Gasteiger partial charge in [-0.05, 0) is 19.3 Å². The molecule has 0 unspecified atom stereocenters. The number of rotatable bonds is 6. The van der Waals surface area contributed by atoms with Crippen molar-refractivity contribution in [3.8, 4) is 0 Å². The Balaban J connectivity index is 4.44. The number of hydrogen-bond donors (Lipinski definition) is 0. The zero-order valence-electron chi connectivity index (χ0n) is 8.80. The summed E-state index contributed by atoms with van der Waals surface area (Å²) in [7, 11) is 0. The lowest BCUT2D eigenvalue weighted by molar-refractivity contribution is -0.343. The van der Waals surface area contributed by atoms with E-state index in [1.54, 1.807) is 0 Å². The maximum atomic E-state index is 13.0. The van der Waals surface area contributed by atoms with Gasteiger partial charge in [-0.25, -0.2) is 9.50 Å². The van der Waals surface area contributed by atoms with E-state index >= 15 is 0 Å². The predicted octanol–water partition coefficient (Wildman–Crippen LogP) is 4.20. The Morgan fingerprint density at radius 3 is 1.41 bits per heavy atom. The highest BCUT2D eigenvalue weighted by atomic mass is 19.4. The summed E-state index contributed by atoms with van der Waals surface area (Å²) in [5, 5.41) is 9.97. The van der Waals surface area contributed by atoms with Crippen LogP contribution in [0.15, 0.2) is 0 Å². The van der Waals surface area contributed by atoms with Gasteiger partial charge >= 0.3 is 12.4 Å². The number of alkyl halides is 7. The van der Waals surface area contributed by atoms with Gasteiger partial charge in [0.05, 0.1) is 6.61 Å². The third-order valence-corrected chi connectivity index (χ3v) is 2.31. The van der Waals surface area contributed by atoms with Crippen LogP contribution in [0.4, 0.5) is 30.7 Å². The predicted molar refractivity (Wildman–Crippen MR) is 44.6 cm³/mol. The first-order valence-electron chi connectivity index (χ1n) is 4.97. The molecule has 0 rings (SSSR count). The van der Waals surface area contributed by atoms with E-state index in [1.165, 1.54) is 0 Å². The monoisotopic (exact) mass is 269 g/mol. The van der Waals surface area contributed by atoms with E-state index in [9.17, 15) is 35.8 Å². The van der Waals surface area contributed by atoms with E-state index in [1.807, 2.05) is 0 Å². The Morgan fingerprint density at radius 1 is 0.647 bits per heavy atom. The van der Waals surface area contributed by atoms with Crippen molar-refractivity contribution in [3.05, 3.63) is 0 Å². The second kappa shape index (κ2) is 5.88. The molecule has 0 aliphatic carbocycles. The smallest absolute Gasteiger partial charge is 0.237 e. The minimum absolute atomic E-state index is 0.0277. The molecule has 0 spiro atoms. The van der Waals surface area contributed by atoms with Gasteiger partial charge in [-0.15, -0.1) is 0 Å². The topological polar surface area (TPSA) is 19.9 Å². The van der Waals surface area contributed by atoms with Gasteiger partial charge in [0.1, 0.15) is 0 Å². The molecule has 1 radical (unpaired) electrons. The molecule has 0 heterocycles. The van der Waals surface area contributed by atoms with Crippen molar-refractivity contribution in [2.75, 3.05) is 6.61 Å². The molecule has 1 nitrogen and oxygen atoms in total. The summed E-state index contributed by atoms with van der Waals surface area (Å²) in [5.41, 5.74) is -5.16. The zero-order valence-corrected chi connectivity index (χ0v) is 8.80.